The zero-order valence-corrected chi connectivity index (χ0v) is 7.93. The highest BCUT2D eigenvalue weighted by molar-refractivity contribution is 5.88. The second-order valence-electron chi connectivity index (χ2n) is 5.86. The summed E-state index contributed by atoms with van der Waals surface area (Å²) in [5, 5.41) is 9.43. The Hall–Kier alpha value is -0.570. The predicted octanol–water partition coefficient (Wildman–Crippen LogP) is -0.110. The minimum absolute atomic E-state index is 0.0206. The minimum Gasteiger partial charge on any atom is -0.469 e. The van der Waals surface area contributed by atoms with Gasteiger partial charge in [-0.25, -0.2) is 0 Å². The fourth-order valence-corrected chi connectivity index (χ4v) is 6.75. The first-order chi connectivity index (χ1) is 6.77. The number of hydrogen-bond acceptors (Lipinski definition) is 3. The second-order valence-corrected chi connectivity index (χ2v) is 5.86. The highest BCUT2D eigenvalue weighted by Gasteiger charge is 3.11. The Bertz CT molecular complexity index is 381. The van der Waals surface area contributed by atoms with Crippen LogP contribution >= 0.6 is 0 Å². The van der Waals surface area contributed by atoms with Crippen molar-refractivity contribution in [3.8, 4) is 0 Å². The van der Waals surface area contributed by atoms with E-state index in [9.17, 15) is 9.90 Å². The Kier molecular flexibility index (Phi) is 0.668. The van der Waals surface area contributed by atoms with Crippen molar-refractivity contribution in [2.75, 3.05) is 13.7 Å². The Labute approximate surface area is 81.4 Å². The molecule has 0 aromatic rings. The molecule has 6 aliphatic rings. The Morgan fingerprint density at radius 3 is 2.50 bits per heavy atom. The van der Waals surface area contributed by atoms with Crippen LogP contribution in [0.2, 0.25) is 0 Å². The van der Waals surface area contributed by atoms with Crippen molar-refractivity contribution >= 4 is 5.97 Å². The maximum atomic E-state index is 11.8. The molecule has 6 fully saturated rings. The van der Waals surface area contributed by atoms with E-state index in [0.29, 0.717) is 24.4 Å². The topological polar surface area (TPSA) is 46.5 Å². The molecule has 74 valence electrons. The molecule has 14 heavy (non-hydrogen) atoms. The number of esters is 1. The van der Waals surface area contributed by atoms with Crippen LogP contribution in [-0.2, 0) is 9.53 Å². The molecule has 6 saturated carbocycles. The lowest BCUT2D eigenvalue weighted by molar-refractivity contribution is -0.647. The number of ether oxygens (including phenoxy) is 1. The Morgan fingerprint density at radius 1 is 1.36 bits per heavy atom. The van der Waals surface area contributed by atoms with Crippen LogP contribution in [0.3, 0.4) is 0 Å². The van der Waals surface area contributed by atoms with Gasteiger partial charge in [-0.2, -0.15) is 0 Å². The predicted molar refractivity (Wildman–Crippen MR) is 44.9 cm³/mol. The van der Waals surface area contributed by atoms with Crippen molar-refractivity contribution in [2.24, 2.45) is 46.3 Å². The van der Waals surface area contributed by atoms with Crippen LogP contribution in [0.1, 0.15) is 0 Å². The number of aliphatic hydroxyl groups is 1. The van der Waals surface area contributed by atoms with Gasteiger partial charge in [-0.1, -0.05) is 0 Å². The SMILES string of the molecule is COC(=O)C12C3C4C5C3C1C5(CO)C42. The van der Waals surface area contributed by atoms with Crippen LogP contribution < -0.4 is 0 Å². The zero-order valence-electron chi connectivity index (χ0n) is 7.93. The average Bonchev–Trinajstić information content (AvgIpc) is 2.27. The molecule has 0 saturated heterocycles. The largest absolute Gasteiger partial charge is 0.469 e. The monoisotopic (exact) mass is 192 g/mol. The molecule has 3 heteroatoms. The minimum atomic E-state index is -0.0818. The third kappa shape index (κ3) is 0.251. The van der Waals surface area contributed by atoms with Crippen LogP contribution in [0.4, 0.5) is 0 Å². The van der Waals surface area contributed by atoms with Gasteiger partial charge in [0.15, 0.2) is 0 Å². The number of aliphatic hydroxyl groups excluding tert-OH is 1. The standard InChI is InChI=1S/C11H12O3/c1-14-9(13)11-6-3-5-4(6)8(11)10(5,2-12)7(3)11/h3-8,12H,2H2,1H3. The normalized spacial score (nSPS) is 77.0. The van der Waals surface area contributed by atoms with E-state index in [-0.39, 0.29) is 16.8 Å². The summed E-state index contributed by atoms with van der Waals surface area (Å²) < 4.78 is 4.93. The lowest BCUT2D eigenvalue weighted by atomic mass is 8.92. The van der Waals surface area contributed by atoms with Gasteiger partial charge in [-0.15, -0.1) is 0 Å². The van der Waals surface area contributed by atoms with E-state index in [1.807, 2.05) is 0 Å². The van der Waals surface area contributed by atoms with E-state index in [2.05, 4.69) is 0 Å². The van der Waals surface area contributed by atoms with Crippen molar-refractivity contribution in [1.82, 2.24) is 0 Å². The number of carbonyl (C=O) groups is 1. The Morgan fingerprint density at radius 2 is 2.00 bits per heavy atom. The lowest BCUT2D eigenvalue weighted by Crippen LogP contribution is -3.11. The van der Waals surface area contributed by atoms with Crippen LogP contribution in [0.25, 0.3) is 0 Å². The van der Waals surface area contributed by atoms with E-state index in [4.69, 9.17) is 4.74 Å². The summed E-state index contributed by atoms with van der Waals surface area (Å²) in [5.74, 6) is 4.12. The molecular formula is C11H12O3. The van der Waals surface area contributed by atoms with Gasteiger partial charge in [0.25, 0.3) is 0 Å². The smallest absolute Gasteiger partial charge is 0.312 e. The maximum absolute atomic E-state index is 11.8. The summed E-state index contributed by atoms with van der Waals surface area (Å²) in [7, 11) is 1.50. The first-order valence-electron chi connectivity index (χ1n) is 5.47. The fourth-order valence-electron chi connectivity index (χ4n) is 6.75. The molecule has 0 amide bonds. The summed E-state index contributed by atoms with van der Waals surface area (Å²) in [6, 6.07) is 0. The third-order valence-electron chi connectivity index (χ3n) is 6.60. The summed E-state index contributed by atoms with van der Waals surface area (Å²) in [4.78, 5) is 11.8. The number of hydrogen-bond donors (Lipinski definition) is 1. The quantitative estimate of drug-likeness (QED) is 0.621. The van der Waals surface area contributed by atoms with Gasteiger partial charge in [0.2, 0.25) is 0 Å². The molecule has 0 radical (unpaired) electrons. The number of rotatable bonds is 2. The molecule has 0 aliphatic heterocycles. The summed E-state index contributed by atoms with van der Waals surface area (Å²) in [6.07, 6.45) is 0. The van der Waals surface area contributed by atoms with Crippen molar-refractivity contribution < 1.29 is 14.6 Å². The highest BCUT2D eigenvalue weighted by atomic mass is 16.5. The first kappa shape index (κ1) is 6.83. The van der Waals surface area contributed by atoms with E-state index in [1.54, 1.807) is 0 Å². The van der Waals surface area contributed by atoms with Crippen molar-refractivity contribution in [3.05, 3.63) is 0 Å². The van der Waals surface area contributed by atoms with Crippen LogP contribution in [0.5, 0.6) is 0 Å². The van der Waals surface area contributed by atoms with Crippen LogP contribution in [-0.4, -0.2) is 24.8 Å². The van der Waals surface area contributed by atoms with E-state index in [0.717, 1.165) is 17.8 Å². The fraction of sp³-hybridized carbons (Fsp3) is 0.909. The third-order valence-corrected chi connectivity index (χ3v) is 6.60. The maximum Gasteiger partial charge on any atom is 0.312 e. The molecule has 0 heterocycles. The molecule has 6 rings (SSSR count). The van der Waals surface area contributed by atoms with Crippen molar-refractivity contribution in [2.45, 2.75) is 0 Å². The van der Waals surface area contributed by atoms with Gasteiger partial charge >= 0.3 is 5.97 Å². The molecule has 1 N–H and O–H groups in total. The summed E-state index contributed by atoms with van der Waals surface area (Å²) >= 11 is 0. The molecule has 4 unspecified atom stereocenters. The molecule has 0 spiro atoms. The van der Waals surface area contributed by atoms with Gasteiger partial charge < -0.3 is 9.84 Å². The van der Waals surface area contributed by atoms with E-state index in [1.165, 1.54) is 7.11 Å². The second kappa shape index (κ2) is 1.37. The van der Waals surface area contributed by atoms with Gasteiger partial charge in [-0.05, 0) is 35.5 Å². The lowest BCUT2D eigenvalue weighted by Gasteiger charge is -3.10. The molecule has 6 aliphatic carbocycles. The zero-order chi connectivity index (χ0) is 9.46. The van der Waals surface area contributed by atoms with Gasteiger partial charge in [0, 0.05) is 12.0 Å². The molecular weight excluding hydrogens is 180 g/mol. The molecule has 0 aromatic heterocycles. The highest BCUT2D eigenvalue weighted by Crippen LogP contribution is 3.10. The molecule has 0 aromatic carbocycles. The molecule has 3 nitrogen and oxygen atoms in total. The summed E-state index contributed by atoms with van der Waals surface area (Å²) in [5.41, 5.74) is 0.125. The summed E-state index contributed by atoms with van der Waals surface area (Å²) in [6.45, 7) is 0.311. The molecule has 0 bridgehead atoms. The molecule has 4 atom stereocenters. The van der Waals surface area contributed by atoms with Gasteiger partial charge in [0.05, 0.1) is 12.5 Å². The average molecular weight is 192 g/mol. The number of carbonyl (C=O) groups excluding carboxylic acids is 1. The van der Waals surface area contributed by atoms with E-state index >= 15 is 0 Å². The first-order valence-corrected chi connectivity index (χ1v) is 5.47. The number of methoxy groups -OCH3 is 1. The van der Waals surface area contributed by atoms with E-state index < -0.39 is 0 Å². The Balaban J connectivity index is 1.63. The van der Waals surface area contributed by atoms with Crippen molar-refractivity contribution in [1.29, 1.82) is 0 Å². The van der Waals surface area contributed by atoms with Gasteiger partial charge in [0.1, 0.15) is 0 Å². The van der Waals surface area contributed by atoms with Gasteiger partial charge in [-0.3, -0.25) is 4.79 Å². The van der Waals surface area contributed by atoms with Crippen LogP contribution in [0, 0.1) is 46.3 Å². The van der Waals surface area contributed by atoms with Crippen molar-refractivity contribution in [3.63, 3.8) is 0 Å². The van der Waals surface area contributed by atoms with Crippen LogP contribution in [0.15, 0.2) is 0 Å².